The van der Waals surface area contributed by atoms with Gasteiger partial charge in [-0.15, -0.1) is 11.8 Å². The number of sulfonamides is 1. The molecule has 0 unspecified atom stereocenters. The van der Waals surface area contributed by atoms with Gasteiger partial charge in [0, 0.05) is 18.0 Å². The topological polar surface area (TPSA) is 84.9 Å². The zero-order valence-corrected chi connectivity index (χ0v) is 17.4. The molecule has 2 aromatic rings. The third-order valence-corrected chi connectivity index (χ3v) is 5.93. The number of anilines is 2. The van der Waals surface area contributed by atoms with Gasteiger partial charge in [-0.05, 0) is 24.5 Å². The Morgan fingerprint density at radius 1 is 1.11 bits per heavy atom. The fourth-order valence-electron chi connectivity index (χ4n) is 2.43. The number of carbonyl (C=O) groups excluding carboxylic acids is 1. The lowest BCUT2D eigenvalue weighted by atomic mass is 10.1. The molecule has 0 aromatic heterocycles. The van der Waals surface area contributed by atoms with Gasteiger partial charge >= 0.3 is 0 Å². The zero-order chi connectivity index (χ0) is 20.2. The van der Waals surface area contributed by atoms with Crippen LogP contribution < -0.4 is 19.1 Å². The Labute approximate surface area is 163 Å². The van der Waals surface area contributed by atoms with Gasteiger partial charge in [-0.1, -0.05) is 12.1 Å². The van der Waals surface area contributed by atoms with E-state index < -0.39 is 15.9 Å². The van der Waals surface area contributed by atoms with E-state index in [0.717, 1.165) is 15.5 Å². The molecule has 7 nitrogen and oxygen atoms in total. The Morgan fingerprint density at radius 3 is 2.26 bits per heavy atom. The number of nitrogens with one attached hydrogen (secondary N) is 1. The van der Waals surface area contributed by atoms with E-state index in [1.54, 1.807) is 6.07 Å². The third kappa shape index (κ3) is 4.67. The van der Waals surface area contributed by atoms with Crippen molar-refractivity contribution in [3.8, 4) is 11.5 Å². The number of para-hydroxylation sites is 1. The lowest BCUT2D eigenvalue weighted by Crippen LogP contribution is -2.28. The van der Waals surface area contributed by atoms with Crippen molar-refractivity contribution in [1.29, 1.82) is 0 Å². The van der Waals surface area contributed by atoms with Crippen LogP contribution in [0, 0.1) is 0 Å². The van der Waals surface area contributed by atoms with Gasteiger partial charge in [-0.2, -0.15) is 0 Å². The molecule has 0 aliphatic heterocycles. The summed E-state index contributed by atoms with van der Waals surface area (Å²) in [4.78, 5) is 13.9. The summed E-state index contributed by atoms with van der Waals surface area (Å²) in [6, 6.07) is 10.3. The van der Waals surface area contributed by atoms with E-state index in [2.05, 4.69) is 5.32 Å². The normalized spacial score (nSPS) is 11.0. The van der Waals surface area contributed by atoms with Crippen LogP contribution in [0.15, 0.2) is 41.3 Å². The Morgan fingerprint density at radius 2 is 1.70 bits per heavy atom. The maximum Gasteiger partial charge on any atom is 0.257 e. The first-order valence-electron chi connectivity index (χ1n) is 7.87. The van der Waals surface area contributed by atoms with Crippen LogP contribution in [0.1, 0.15) is 10.4 Å². The van der Waals surface area contributed by atoms with Crippen molar-refractivity contribution in [3.05, 3.63) is 42.0 Å². The highest BCUT2D eigenvalue weighted by molar-refractivity contribution is 7.98. The Balaban J connectivity index is 2.57. The van der Waals surface area contributed by atoms with E-state index in [1.165, 1.54) is 45.2 Å². The average Bonchev–Trinajstić information content (AvgIpc) is 2.65. The predicted octanol–water partition coefficient (Wildman–Crippen LogP) is 3.07. The Hall–Kier alpha value is -2.39. The third-order valence-electron chi connectivity index (χ3n) is 3.94. The first-order valence-corrected chi connectivity index (χ1v) is 10.9. The molecule has 0 bridgehead atoms. The number of benzene rings is 2. The van der Waals surface area contributed by atoms with E-state index in [4.69, 9.17) is 9.47 Å². The van der Waals surface area contributed by atoms with E-state index >= 15 is 0 Å². The smallest absolute Gasteiger partial charge is 0.257 e. The van der Waals surface area contributed by atoms with Crippen molar-refractivity contribution in [3.63, 3.8) is 0 Å². The van der Waals surface area contributed by atoms with Crippen molar-refractivity contribution < 1.29 is 22.7 Å². The summed E-state index contributed by atoms with van der Waals surface area (Å²) in [6.45, 7) is 0. The number of amides is 1. The average molecular weight is 411 g/mol. The van der Waals surface area contributed by atoms with E-state index in [-0.39, 0.29) is 11.3 Å². The predicted molar refractivity (Wildman–Crippen MR) is 109 cm³/mol. The zero-order valence-electron chi connectivity index (χ0n) is 15.8. The minimum absolute atomic E-state index is 0.150. The number of hydrogen-bond acceptors (Lipinski definition) is 6. The summed E-state index contributed by atoms with van der Waals surface area (Å²) in [7, 11) is 0.677. The molecule has 1 N–H and O–H groups in total. The fourth-order valence-corrected chi connectivity index (χ4v) is 3.49. The molecule has 1 amide bonds. The van der Waals surface area contributed by atoms with Gasteiger partial charge in [0.2, 0.25) is 10.0 Å². The summed E-state index contributed by atoms with van der Waals surface area (Å²) in [6.07, 6.45) is 2.97. The van der Waals surface area contributed by atoms with Gasteiger partial charge in [0.1, 0.15) is 0 Å². The number of nitrogens with zero attached hydrogens (tertiary/aromatic N) is 1. The molecule has 27 heavy (non-hydrogen) atoms. The maximum atomic E-state index is 13.0. The number of methoxy groups -OCH3 is 2. The molecule has 146 valence electrons. The minimum Gasteiger partial charge on any atom is -0.493 e. The first kappa shape index (κ1) is 20.9. The number of carbonyl (C=O) groups is 1. The lowest BCUT2D eigenvalue weighted by Gasteiger charge is -2.22. The van der Waals surface area contributed by atoms with Crippen molar-refractivity contribution in [2.45, 2.75) is 4.90 Å². The molecule has 0 saturated heterocycles. The highest BCUT2D eigenvalue weighted by Crippen LogP contribution is 2.36. The van der Waals surface area contributed by atoms with Crippen LogP contribution in [0.5, 0.6) is 11.5 Å². The van der Waals surface area contributed by atoms with Gasteiger partial charge in [0.05, 0.1) is 37.4 Å². The molecule has 0 atom stereocenters. The molecule has 0 aliphatic rings. The second-order valence-electron chi connectivity index (χ2n) is 5.61. The van der Waals surface area contributed by atoms with Crippen LogP contribution in [0.3, 0.4) is 0 Å². The molecule has 2 rings (SSSR count). The summed E-state index contributed by atoms with van der Waals surface area (Å²) in [5, 5.41) is 2.84. The van der Waals surface area contributed by atoms with Gasteiger partial charge in [-0.25, -0.2) is 8.42 Å². The summed E-state index contributed by atoms with van der Waals surface area (Å²) in [5.74, 6) is 0.193. The second-order valence-corrected chi connectivity index (χ2v) is 8.47. The maximum absolute atomic E-state index is 13.0. The molecular weight excluding hydrogens is 388 g/mol. The molecule has 0 aliphatic carbocycles. The summed E-state index contributed by atoms with van der Waals surface area (Å²) >= 11 is 1.50. The number of thioether (sulfide) groups is 1. The van der Waals surface area contributed by atoms with Crippen molar-refractivity contribution >= 4 is 39.1 Å². The quantitative estimate of drug-likeness (QED) is 0.706. The number of hydrogen-bond donors (Lipinski definition) is 1. The Bertz CT molecular complexity index is 945. The molecule has 9 heteroatoms. The van der Waals surface area contributed by atoms with Crippen molar-refractivity contribution in [2.75, 3.05) is 43.4 Å². The van der Waals surface area contributed by atoms with E-state index in [9.17, 15) is 13.2 Å². The van der Waals surface area contributed by atoms with Crippen LogP contribution in [0.2, 0.25) is 0 Å². The van der Waals surface area contributed by atoms with Crippen LogP contribution >= 0.6 is 11.8 Å². The van der Waals surface area contributed by atoms with Crippen LogP contribution in [0.4, 0.5) is 11.4 Å². The molecule has 0 fully saturated rings. The monoisotopic (exact) mass is 410 g/mol. The van der Waals surface area contributed by atoms with Gasteiger partial charge in [-0.3, -0.25) is 9.10 Å². The summed E-state index contributed by atoms with van der Waals surface area (Å²) in [5.41, 5.74) is 0.975. The first-order chi connectivity index (χ1) is 12.7. The molecule has 0 radical (unpaired) electrons. The van der Waals surface area contributed by atoms with Crippen molar-refractivity contribution in [2.24, 2.45) is 0 Å². The highest BCUT2D eigenvalue weighted by Gasteiger charge is 2.24. The van der Waals surface area contributed by atoms with Gasteiger partial charge in [0.15, 0.2) is 11.5 Å². The fraction of sp³-hybridized carbons (Fsp3) is 0.278. The number of rotatable bonds is 7. The number of ether oxygens (including phenoxy) is 2. The lowest BCUT2D eigenvalue weighted by molar-refractivity contribution is 0.102. The SMILES string of the molecule is COc1cc(C(=O)Nc2ccccc2SC)c(N(C)S(C)(=O)=O)cc1OC. The molecule has 0 heterocycles. The molecule has 0 saturated carbocycles. The Kier molecular flexibility index (Phi) is 6.61. The van der Waals surface area contributed by atoms with Crippen LogP contribution in [-0.4, -0.2) is 48.1 Å². The van der Waals surface area contributed by atoms with Gasteiger partial charge in [0.25, 0.3) is 5.91 Å². The standard InChI is InChI=1S/C18H22N2O5S2/c1-20(27(5,22)23)14-11-16(25-3)15(24-2)10-12(14)18(21)19-13-8-6-7-9-17(13)26-4/h6-11H,1-5H3,(H,19,21). The van der Waals surface area contributed by atoms with Gasteiger partial charge < -0.3 is 14.8 Å². The molecule has 0 spiro atoms. The van der Waals surface area contributed by atoms with Crippen molar-refractivity contribution in [1.82, 2.24) is 0 Å². The van der Waals surface area contributed by atoms with Crippen LogP contribution in [-0.2, 0) is 10.0 Å². The van der Waals surface area contributed by atoms with E-state index in [0.29, 0.717) is 17.2 Å². The largest absolute Gasteiger partial charge is 0.493 e. The van der Waals surface area contributed by atoms with Crippen LogP contribution in [0.25, 0.3) is 0 Å². The molecular formula is C18H22N2O5S2. The minimum atomic E-state index is -3.59. The highest BCUT2D eigenvalue weighted by atomic mass is 32.2. The molecule has 2 aromatic carbocycles. The summed E-state index contributed by atoms with van der Waals surface area (Å²) < 4.78 is 35.6. The second kappa shape index (κ2) is 8.53. The van der Waals surface area contributed by atoms with E-state index in [1.807, 2.05) is 24.5 Å².